The minimum Gasteiger partial charge on any atom is -0.414 e. The van der Waals surface area contributed by atoms with Crippen LogP contribution in [0.2, 0.25) is 0 Å². The fourth-order valence-corrected chi connectivity index (χ4v) is 1.89. The van der Waals surface area contributed by atoms with Gasteiger partial charge in [-0.3, -0.25) is 9.61 Å². The number of pyridine rings is 1. The third-order valence-corrected chi connectivity index (χ3v) is 2.98. The average molecular weight is 283 g/mol. The Labute approximate surface area is 121 Å². The molecule has 106 valence electrons. The van der Waals surface area contributed by atoms with Gasteiger partial charge in [0.05, 0.1) is 11.4 Å². The molecular formula is C15H13N3O3. The van der Waals surface area contributed by atoms with Gasteiger partial charge in [-0.2, -0.15) is 0 Å². The van der Waals surface area contributed by atoms with Crippen molar-refractivity contribution < 1.29 is 14.3 Å². The third-order valence-electron chi connectivity index (χ3n) is 2.98. The summed E-state index contributed by atoms with van der Waals surface area (Å²) in [5.74, 6) is 0.656. The van der Waals surface area contributed by atoms with E-state index < -0.39 is 0 Å². The molecule has 0 atom stereocenters. The molecule has 0 saturated carbocycles. The number of benzene rings is 1. The number of nitrogens with zero attached hydrogens (tertiary/aromatic N) is 3. The first kappa shape index (κ1) is 13.1. The summed E-state index contributed by atoms with van der Waals surface area (Å²) in [7, 11) is 0. The van der Waals surface area contributed by atoms with Gasteiger partial charge in [-0.25, -0.2) is 0 Å². The molecule has 3 rings (SSSR count). The molecule has 6 nitrogen and oxygen atoms in total. The van der Waals surface area contributed by atoms with Gasteiger partial charge in [0.1, 0.15) is 5.75 Å². The molecule has 0 amide bonds. The van der Waals surface area contributed by atoms with Gasteiger partial charge in [-0.15, -0.1) is 0 Å². The molecule has 2 heterocycles. The molecule has 0 aliphatic carbocycles. The summed E-state index contributed by atoms with van der Waals surface area (Å²) in [6.07, 6.45) is 1.95. The number of ether oxygens (including phenoxy) is 1. The van der Waals surface area contributed by atoms with Gasteiger partial charge < -0.3 is 9.94 Å². The summed E-state index contributed by atoms with van der Waals surface area (Å²) in [6.45, 7) is 1.88. The van der Waals surface area contributed by atoms with Crippen LogP contribution in [0.25, 0.3) is 0 Å². The van der Waals surface area contributed by atoms with Crippen LogP contribution in [0.1, 0.15) is 17.0 Å². The molecule has 1 aromatic carbocycles. The second-order valence-corrected chi connectivity index (χ2v) is 4.58. The largest absolute Gasteiger partial charge is 0.414 e. The Bertz CT molecular complexity index is 724. The van der Waals surface area contributed by atoms with Gasteiger partial charge in [0.25, 0.3) is 0 Å². The standard InChI is InChI=1S/C15H13N3O3/c1-11-7-8-13(10-16-11)20-15-14(18(19)21-17-15)9-12-5-3-2-4-6-12/h2-8,10H,9H2,1H3. The van der Waals surface area contributed by atoms with Crippen LogP contribution in [-0.2, 0) is 6.42 Å². The SMILES string of the molecule is Cc1ccc(Oc2no[n+]([O-])c2Cc2ccccc2)cn1. The average Bonchev–Trinajstić information content (AvgIpc) is 2.84. The predicted molar refractivity (Wildman–Crippen MR) is 73.8 cm³/mol. The lowest BCUT2D eigenvalue weighted by Gasteiger charge is -2.01. The van der Waals surface area contributed by atoms with E-state index in [2.05, 4.69) is 14.8 Å². The predicted octanol–water partition coefficient (Wildman–Crippen LogP) is 2.39. The Morgan fingerprint density at radius 3 is 2.71 bits per heavy atom. The van der Waals surface area contributed by atoms with E-state index in [1.807, 2.05) is 43.3 Å². The van der Waals surface area contributed by atoms with Crippen LogP contribution in [0.4, 0.5) is 0 Å². The molecule has 0 radical (unpaired) electrons. The van der Waals surface area contributed by atoms with E-state index in [9.17, 15) is 5.21 Å². The van der Waals surface area contributed by atoms with E-state index in [1.165, 1.54) is 0 Å². The number of hydrogen-bond acceptors (Lipinski definition) is 5. The summed E-state index contributed by atoms with van der Waals surface area (Å²) in [5, 5.41) is 15.3. The van der Waals surface area contributed by atoms with Gasteiger partial charge in [0.15, 0.2) is 0 Å². The smallest absolute Gasteiger partial charge is 0.403 e. The maximum absolute atomic E-state index is 11.7. The van der Waals surface area contributed by atoms with Crippen molar-refractivity contribution in [2.45, 2.75) is 13.3 Å². The van der Waals surface area contributed by atoms with Crippen LogP contribution in [0.5, 0.6) is 11.6 Å². The molecule has 0 fully saturated rings. The molecule has 2 aromatic heterocycles. The Kier molecular flexibility index (Phi) is 3.51. The van der Waals surface area contributed by atoms with E-state index in [1.54, 1.807) is 12.3 Å². The van der Waals surface area contributed by atoms with Gasteiger partial charge >= 0.3 is 5.88 Å². The summed E-state index contributed by atoms with van der Waals surface area (Å²) in [4.78, 5) is 4.49. The zero-order chi connectivity index (χ0) is 14.7. The van der Waals surface area contributed by atoms with E-state index in [4.69, 9.17) is 4.74 Å². The van der Waals surface area contributed by atoms with Crippen LogP contribution in [0.3, 0.4) is 0 Å². The molecule has 3 aromatic rings. The summed E-state index contributed by atoms with van der Waals surface area (Å²) in [6, 6.07) is 13.1. The second-order valence-electron chi connectivity index (χ2n) is 4.58. The van der Waals surface area contributed by atoms with Crippen molar-refractivity contribution in [1.82, 2.24) is 10.1 Å². The summed E-state index contributed by atoms with van der Waals surface area (Å²) in [5.41, 5.74) is 2.17. The molecule has 0 aliphatic rings. The summed E-state index contributed by atoms with van der Waals surface area (Å²) < 4.78 is 10.2. The van der Waals surface area contributed by atoms with Crippen molar-refractivity contribution in [1.29, 1.82) is 0 Å². The number of rotatable bonds is 4. The maximum Gasteiger partial charge on any atom is 0.403 e. The minimum atomic E-state index is 0.152. The highest BCUT2D eigenvalue weighted by Gasteiger charge is 2.22. The second kappa shape index (κ2) is 5.62. The lowest BCUT2D eigenvalue weighted by molar-refractivity contribution is -0.807. The highest BCUT2D eigenvalue weighted by atomic mass is 16.8. The van der Waals surface area contributed by atoms with Crippen molar-refractivity contribution >= 4 is 0 Å². The number of hydrogen-bond donors (Lipinski definition) is 0. The molecule has 0 bridgehead atoms. The van der Waals surface area contributed by atoms with Crippen LogP contribution in [-0.4, -0.2) is 10.1 Å². The normalized spacial score (nSPS) is 10.5. The molecule has 0 aliphatic heterocycles. The van der Waals surface area contributed by atoms with Crippen molar-refractivity contribution in [2.75, 3.05) is 0 Å². The zero-order valence-corrected chi connectivity index (χ0v) is 11.4. The quantitative estimate of drug-likeness (QED) is 0.687. The lowest BCUT2D eigenvalue weighted by Crippen LogP contribution is -2.28. The first-order valence-corrected chi connectivity index (χ1v) is 6.45. The molecular weight excluding hydrogens is 270 g/mol. The fourth-order valence-electron chi connectivity index (χ4n) is 1.89. The van der Waals surface area contributed by atoms with E-state index in [0.717, 1.165) is 11.3 Å². The highest BCUT2D eigenvalue weighted by Crippen LogP contribution is 2.22. The first-order chi connectivity index (χ1) is 10.2. The molecule has 0 unspecified atom stereocenters. The fraction of sp³-hybridized carbons (Fsp3) is 0.133. The Balaban J connectivity index is 1.85. The third kappa shape index (κ3) is 3.00. The zero-order valence-electron chi connectivity index (χ0n) is 11.4. The highest BCUT2D eigenvalue weighted by molar-refractivity contribution is 5.28. The molecule has 0 N–H and O–H groups in total. The van der Waals surface area contributed by atoms with Crippen molar-refractivity contribution in [3.8, 4) is 11.6 Å². The maximum atomic E-state index is 11.7. The van der Waals surface area contributed by atoms with Crippen molar-refractivity contribution in [3.05, 3.63) is 70.8 Å². The number of aryl methyl sites for hydroxylation is 1. The van der Waals surface area contributed by atoms with Gasteiger partial charge in [0.2, 0.25) is 5.69 Å². The van der Waals surface area contributed by atoms with E-state index in [0.29, 0.717) is 22.8 Å². The Morgan fingerprint density at radius 2 is 2.00 bits per heavy atom. The Hall–Kier alpha value is -2.89. The van der Waals surface area contributed by atoms with Gasteiger partial charge in [-0.1, -0.05) is 30.3 Å². The van der Waals surface area contributed by atoms with Crippen LogP contribution < -0.4 is 9.64 Å². The molecule has 21 heavy (non-hydrogen) atoms. The van der Waals surface area contributed by atoms with Crippen molar-refractivity contribution in [3.63, 3.8) is 0 Å². The Morgan fingerprint density at radius 1 is 1.19 bits per heavy atom. The number of aromatic nitrogens is 3. The van der Waals surface area contributed by atoms with Gasteiger partial charge in [0, 0.05) is 12.1 Å². The lowest BCUT2D eigenvalue weighted by atomic mass is 10.1. The molecule has 0 spiro atoms. The van der Waals surface area contributed by atoms with E-state index >= 15 is 0 Å². The monoisotopic (exact) mass is 283 g/mol. The van der Waals surface area contributed by atoms with Crippen LogP contribution in [0, 0.1) is 12.1 Å². The van der Waals surface area contributed by atoms with Gasteiger partial charge in [-0.05, 0) is 29.5 Å². The van der Waals surface area contributed by atoms with Crippen LogP contribution >= 0.6 is 0 Å². The minimum absolute atomic E-state index is 0.152. The topological polar surface area (TPSA) is 75.1 Å². The van der Waals surface area contributed by atoms with E-state index in [-0.39, 0.29) is 5.88 Å². The van der Waals surface area contributed by atoms with Crippen molar-refractivity contribution in [2.24, 2.45) is 0 Å². The first-order valence-electron chi connectivity index (χ1n) is 6.45. The summed E-state index contributed by atoms with van der Waals surface area (Å²) >= 11 is 0. The molecule has 0 saturated heterocycles. The van der Waals surface area contributed by atoms with Crippen LogP contribution in [0.15, 0.2) is 53.3 Å². The molecule has 6 heteroatoms.